The highest BCUT2D eigenvalue weighted by atomic mass is 16.5. The Morgan fingerprint density at radius 3 is 2.20 bits per heavy atom. The topological polar surface area (TPSA) is 47.6 Å². The molecule has 84 valence electrons. The first kappa shape index (κ1) is 9.49. The highest BCUT2D eigenvalue weighted by molar-refractivity contribution is 5.73. The summed E-state index contributed by atoms with van der Waals surface area (Å²) in [5.74, 6) is 0. The molecule has 2 N–H and O–H groups in total. The second-order valence-electron chi connectivity index (χ2n) is 5.65. The Morgan fingerprint density at radius 1 is 1.00 bits per heavy atom. The summed E-state index contributed by atoms with van der Waals surface area (Å²) in [4.78, 5) is 4.20. The van der Waals surface area contributed by atoms with Crippen molar-refractivity contribution in [1.29, 1.82) is 0 Å². The van der Waals surface area contributed by atoms with Gasteiger partial charge < -0.3 is 10.5 Å². The van der Waals surface area contributed by atoms with Crippen LogP contribution < -0.4 is 5.73 Å². The second kappa shape index (κ2) is 3.13. The summed E-state index contributed by atoms with van der Waals surface area (Å²) in [6.45, 7) is 0.801. The molecular weight excluding hydrogens is 188 g/mol. The van der Waals surface area contributed by atoms with Gasteiger partial charge in [-0.15, -0.1) is 0 Å². The van der Waals surface area contributed by atoms with Crippen LogP contribution in [0, 0.1) is 5.41 Å². The van der Waals surface area contributed by atoms with Crippen LogP contribution in [0.1, 0.15) is 51.4 Å². The van der Waals surface area contributed by atoms with Gasteiger partial charge in [-0.25, -0.2) is 4.99 Å². The van der Waals surface area contributed by atoms with E-state index >= 15 is 0 Å². The summed E-state index contributed by atoms with van der Waals surface area (Å²) < 4.78 is 5.72. The molecule has 3 nitrogen and oxygen atoms in total. The zero-order valence-electron chi connectivity index (χ0n) is 9.30. The van der Waals surface area contributed by atoms with Crippen LogP contribution in [-0.4, -0.2) is 18.2 Å². The van der Waals surface area contributed by atoms with Gasteiger partial charge in [-0.2, -0.15) is 0 Å². The molecule has 2 fully saturated rings. The number of nitrogens with zero attached hydrogens (tertiary/aromatic N) is 1. The minimum absolute atomic E-state index is 0.00206. The van der Waals surface area contributed by atoms with Crippen molar-refractivity contribution in [2.45, 2.75) is 57.0 Å². The lowest BCUT2D eigenvalue weighted by Crippen LogP contribution is -2.41. The van der Waals surface area contributed by atoms with Crippen LogP contribution >= 0.6 is 0 Å². The minimum Gasteiger partial charge on any atom is -0.457 e. The number of aliphatic imine (C=N–C) groups is 1. The highest BCUT2D eigenvalue weighted by Crippen LogP contribution is 2.52. The number of hydrogen-bond acceptors (Lipinski definition) is 3. The van der Waals surface area contributed by atoms with Gasteiger partial charge in [0.2, 0.25) is 0 Å². The maximum Gasteiger partial charge on any atom is 0.282 e. The molecule has 0 radical (unpaired) electrons. The first-order valence-electron chi connectivity index (χ1n) is 6.21. The van der Waals surface area contributed by atoms with Gasteiger partial charge in [-0.1, -0.05) is 12.8 Å². The third-order valence-corrected chi connectivity index (χ3v) is 4.73. The summed E-state index contributed by atoms with van der Waals surface area (Å²) in [7, 11) is 0. The monoisotopic (exact) mass is 208 g/mol. The lowest BCUT2D eigenvalue weighted by molar-refractivity contribution is 0.000336. The van der Waals surface area contributed by atoms with Crippen LogP contribution in [0.2, 0.25) is 0 Å². The van der Waals surface area contributed by atoms with Crippen molar-refractivity contribution in [3.8, 4) is 0 Å². The summed E-state index contributed by atoms with van der Waals surface area (Å²) in [6.07, 6.45) is 10.7. The van der Waals surface area contributed by atoms with Gasteiger partial charge in [-0.3, -0.25) is 0 Å². The van der Waals surface area contributed by atoms with Crippen LogP contribution in [0.15, 0.2) is 4.99 Å². The molecule has 0 atom stereocenters. The second-order valence-corrected chi connectivity index (χ2v) is 5.65. The lowest BCUT2D eigenvalue weighted by atomic mass is 9.68. The van der Waals surface area contributed by atoms with Crippen molar-refractivity contribution in [2.75, 3.05) is 6.54 Å². The minimum atomic E-state index is -0.00206. The first-order chi connectivity index (χ1) is 7.22. The van der Waals surface area contributed by atoms with Gasteiger partial charge in [-0.05, 0) is 43.9 Å². The average molecular weight is 208 g/mol. The van der Waals surface area contributed by atoms with Gasteiger partial charge in [0, 0.05) is 0 Å². The molecule has 3 heteroatoms. The van der Waals surface area contributed by atoms with Gasteiger partial charge in [0.15, 0.2) is 0 Å². The molecular formula is C12H20N2O. The van der Waals surface area contributed by atoms with E-state index in [1.165, 1.54) is 38.5 Å². The SMILES string of the molecule is NC1=NCC2(CCC3(CCCC3)CC2)O1. The third kappa shape index (κ3) is 1.52. The quantitative estimate of drug-likeness (QED) is 0.663. The molecule has 0 aromatic heterocycles. The molecule has 0 bridgehead atoms. The number of ether oxygens (including phenoxy) is 1. The Balaban J connectivity index is 1.66. The Labute approximate surface area is 91.1 Å². The van der Waals surface area contributed by atoms with Crippen LogP contribution in [0.25, 0.3) is 0 Å². The fourth-order valence-corrected chi connectivity index (χ4v) is 3.63. The predicted octanol–water partition coefficient (Wildman–Crippen LogP) is 2.20. The Kier molecular flexibility index (Phi) is 1.98. The molecule has 1 aliphatic heterocycles. The van der Waals surface area contributed by atoms with Crippen LogP contribution in [-0.2, 0) is 4.74 Å². The molecule has 2 aliphatic carbocycles. The lowest BCUT2D eigenvalue weighted by Gasteiger charge is -2.41. The van der Waals surface area contributed by atoms with Crippen LogP contribution in [0.5, 0.6) is 0 Å². The molecule has 0 unspecified atom stereocenters. The standard InChI is InChI=1S/C12H20N2O/c13-10-14-9-12(15-10)7-5-11(6-8-12)3-1-2-4-11/h1-9H2,(H2,13,14). The van der Waals surface area contributed by atoms with Crippen molar-refractivity contribution in [2.24, 2.45) is 16.1 Å². The van der Waals surface area contributed by atoms with Gasteiger partial charge >= 0.3 is 0 Å². The van der Waals surface area contributed by atoms with E-state index in [2.05, 4.69) is 4.99 Å². The number of nitrogens with two attached hydrogens (primary N) is 1. The molecule has 1 heterocycles. The summed E-state index contributed by atoms with van der Waals surface area (Å²) in [6, 6.07) is 0.414. The van der Waals surface area contributed by atoms with Crippen molar-refractivity contribution in [1.82, 2.24) is 0 Å². The maximum atomic E-state index is 5.72. The molecule has 15 heavy (non-hydrogen) atoms. The van der Waals surface area contributed by atoms with Crippen LogP contribution in [0.3, 0.4) is 0 Å². The zero-order valence-corrected chi connectivity index (χ0v) is 9.30. The smallest absolute Gasteiger partial charge is 0.282 e. The normalized spacial score (nSPS) is 31.9. The predicted molar refractivity (Wildman–Crippen MR) is 59.7 cm³/mol. The summed E-state index contributed by atoms with van der Waals surface area (Å²) in [5.41, 5.74) is 6.28. The molecule has 0 aromatic rings. The zero-order chi connectivity index (χ0) is 10.4. The fraction of sp³-hybridized carbons (Fsp3) is 0.917. The molecule has 2 saturated carbocycles. The molecule has 0 saturated heterocycles. The van der Waals surface area contributed by atoms with Gasteiger partial charge in [0.1, 0.15) is 5.60 Å². The van der Waals surface area contributed by atoms with E-state index in [0.717, 1.165) is 19.4 Å². The molecule has 0 amide bonds. The van der Waals surface area contributed by atoms with Crippen molar-refractivity contribution in [3.05, 3.63) is 0 Å². The fourth-order valence-electron chi connectivity index (χ4n) is 3.63. The number of hydrogen-bond donors (Lipinski definition) is 1. The van der Waals surface area contributed by atoms with E-state index in [4.69, 9.17) is 10.5 Å². The van der Waals surface area contributed by atoms with Gasteiger partial charge in [0.25, 0.3) is 6.02 Å². The van der Waals surface area contributed by atoms with E-state index in [9.17, 15) is 0 Å². The third-order valence-electron chi connectivity index (χ3n) is 4.73. The van der Waals surface area contributed by atoms with Crippen molar-refractivity contribution < 1.29 is 4.74 Å². The Morgan fingerprint density at radius 2 is 1.67 bits per heavy atom. The Hall–Kier alpha value is -0.730. The average Bonchev–Trinajstić information content (AvgIpc) is 2.81. The molecule has 2 spiro atoms. The number of rotatable bonds is 0. The highest BCUT2D eigenvalue weighted by Gasteiger charge is 2.47. The van der Waals surface area contributed by atoms with E-state index < -0.39 is 0 Å². The van der Waals surface area contributed by atoms with E-state index in [0.29, 0.717) is 11.4 Å². The molecule has 0 aromatic carbocycles. The number of amidine groups is 1. The molecule has 3 aliphatic rings. The van der Waals surface area contributed by atoms with Gasteiger partial charge in [0.05, 0.1) is 6.54 Å². The summed E-state index contributed by atoms with van der Waals surface area (Å²) >= 11 is 0. The van der Waals surface area contributed by atoms with E-state index in [1.807, 2.05) is 0 Å². The van der Waals surface area contributed by atoms with Crippen LogP contribution in [0.4, 0.5) is 0 Å². The molecule has 3 rings (SSSR count). The largest absolute Gasteiger partial charge is 0.457 e. The van der Waals surface area contributed by atoms with E-state index in [-0.39, 0.29) is 5.60 Å². The first-order valence-corrected chi connectivity index (χ1v) is 6.21. The Bertz CT molecular complexity index is 282. The maximum absolute atomic E-state index is 5.72. The summed E-state index contributed by atoms with van der Waals surface area (Å²) in [5, 5.41) is 0. The van der Waals surface area contributed by atoms with E-state index in [1.54, 1.807) is 0 Å². The van der Waals surface area contributed by atoms with Crippen molar-refractivity contribution in [3.63, 3.8) is 0 Å². The van der Waals surface area contributed by atoms with Crippen molar-refractivity contribution >= 4 is 6.02 Å².